The van der Waals surface area contributed by atoms with Crippen LogP contribution in [0, 0.1) is 0 Å². The van der Waals surface area contributed by atoms with Crippen molar-refractivity contribution < 1.29 is 33.4 Å². The van der Waals surface area contributed by atoms with Crippen molar-refractivity contribution in [3.8, 4) is 0 Å². The Morgan fingerprint density at radius 2 is 1.41 bits per heavy atom. The van der Waals surface area contributed by atoms with Crippen LogP contribution in [0.15, 0.2) is 72.8 Å². The molecule has 174 valence electrons. The Balaban J connectivity index is 1.70. The Labute approximate surface area is 196 Å². The molecule has 0 bridgehead atoms. The number of hydrogen-bond acceptors (Lipinski definition) is 7. The number of carbonyl (C=O) groups is 4. The van der Waals surface area contributed by atoms with Gasteiger partial charge in [-0.05, 0) is 41.8 Å². The third kappa shape index (κ3) is 6.07. The number of benzene rings is 3. The third-order valence-corrected chi connectivity index (χ3v) is 4.93. The van der Waals surface area contributed by atoms with Gasteiger partial charge in [0.15, 0.2) is 6.61 Å². The maximum atomic E-state index is 12.7. The molecule has 0 spiro atoms. The molecule has 0 aliphatic heterocycles. The molecule has 0 heterocycles. The van der Waals surface area contributed by atoms with Crippen molar-refractivity contribution in [3.63, 3.8) is 0 Å². The van der Waals surface area contributed by atoms with Crippen LogP contribution in [0.1, 0.15) is 42.2 Å². The van der Waals surface area contributed by atoms with E-state index in [9.17, 15) is 19.2 Å². The fourth-order valence-electron chi connectivity index (χ4n) is 3.26. The van der Waals surface area contributed by atoms with E-state index in [-0.39, 0.29) is 16.8 Å². The molecule has 0 aromatic heterocycles. The number of ether oxygens (including phenoxy) is 3. The van der Waals surface area contributed by atoms with Crippen molar-refractivity contribution in [1.82, 2.24) is 0 Å². The first-order valence-electron chi connectivity index (χ1n) is 10.3. The first kappa shape index (κ1) is 24.2. The quantitative estimate of drug-likeness (QED) is 0.403. The molecular formula is C26H23NO7. The summed E-state index contributed by atoms with van der Waals surface area (Å²) in [5.41, 5.74) is 2.32. The molecule has 3 aromatic carbocycles. The van der Waals surface area contributed by atoms with Gasteiger partial charge in [-0.2, -0.15) is 0 Å². The lowest BCUT2D eigenvalue weighted by atomic mass is 10.00. The Hall–Kier alpha value is -4.46. The molecule has 1 N–H and O–H groups in total. The lowest BCUT2D eigenvalue weighted by molar-refractivity contribution is -0.119. The van der Waals surface area contributed by atoms with Crippen molar-refractivity contribution in [1.29, 1.82) is 0 Å². The van der Waals surface area contributed by atoms with Gasteiger partial charge in [0.05, 0.1) is 36.6 Å². The van der Waals surface area contributed by atoms with E-state index in [2.05, 4.69) is 10.1 Å². The van der Waals surface area contributed by atoms with Gasteiger partial charge in [0.1, 0.15) is 0 Å². The van der Waals surface area contributed by atoms with Gasteiger partial charge in [-0.25, -0.2) is 14.4 Å². The van der Waals surface area contributed by atoms with Crippen molar-refractivity contribution in [2.24, 2.45) is 0 Å². The van der Waals surface area contributed by atoms with Crippen molar-refractivity contribution in [2.45, 2.75) is 6.42 Å². The van der Waals surface area contributed by atoms with Crippen LogP contribution in [-0.4, -0.2) is 44.6 Å². The minimum atomic E-state index is -0.710. The molecular weight excluding hydrogens is 438 g/mol. The number of carbonyl (C=O) groups excluding carboxylic acids is 4. The van der Waals surface area contributed by atoms with Crippen LogP contribution in [0.4, 0.5) is 5.69 Å². The molecule has 8 nitrogen and oxygen atoms in total. The topological polar surface area (TPSA) is 108 Å². The van der Waals surface area contributed by atoms with Crippen molar-refractivity contribution in [2.75, 3.05) is 26.1 Å². The largest absolute Gasteiger partial charge is 0.465 e. The fraction of sp³-hybridized carbons (Fsp3) is 0.154. The van der Waals surface area contributed by atoms with E-state index in [0.717, 1.165) is 11.1 Å². The molecule has 0 atom stereocenters. The summed E-state index contributed by atoms with van der Waals surface area (Å²) in [5, 5.41) is 2.48. The fourth-order valence-corrected chi connectivity index (χ4v) is 3.26. The van der Waals surface area contributed by atoms with E-state index in [4.69, 9.17) is 9.47 Å². The molecule has 34 heavy (non-hydrogen) atoms. The van der Waals surface area contributed by atoms with Gasteiger partial charge in [0.25, 0.3) is 5.91 Å². The van der Waals surface area contributed by atoms with E-state index in [0.29, 0.717) is 12.0 Å². The summed E-state index contributed by atoms with van der Waals surface area (Å²) in [6.07, 6.45) is 0.529. The predicted molar refractivity (Wildman–Crippen MR) is 124 cm³/mol. The highest BCUT2D eigenvalue weighted by atomic mass is 16.5. The first-order chi connectivity index (χ1) is 16.4. The van der Waals surface area contributed by atoms with Gasteiger partial charge in [0.2, 0.25) is 0 Å². The van der Waals surface area contributed by atoms with Crippen LogP contribution in [0.3, 0.4) is 0 Å². The van der Waals surface area contributed by atoms with E-state index in [1.165, 1.54) is 32.4 Å². The summed E-state index contributed by atoms with van der Waals surface area (Å²) >= 11 is 0. The van der Waals surface area contributed by atoms with Crippen LogP contribution < -0.4 is 5.32 Å². The minimum absolute atomic E-state index is 0.0280. The molecule has 0 aliphatic rings. The van der Waals surface area contributed by atoms with Crippen LogP contribution in [0.2, 0.25) is 0 Å². The molecule has 3 rings (SSSR count). The second-order valence-electron chi connectivity index (χ2n) is 7.19. The summed E-state index contributed by atoms with van der Waals surface area (Å²) in [4.78, 5) is 49.0. The van der Waals surface area contributed by atoms with E-state index >= 15 is 0 Å². The zero-order valence-electron chi connectivity index (χ0n) is 18.7. The lowest BCUT2D eigenvalue weighted by Crippen LogP contribution is -2.23. The predicted octanol–water partition coefficient (Wildman–Crippen LogP) is 3.65. The molecule has 3 aromatic rings. The normalized spacial score (nSPS) is 10.2. The maximum absolute atomic E-state index is 12.7. The highest BCUT2D eigenvalue weighted by Crippen LogP contribution is 2.20. The van der Waals surface area contributed by atoms with E-state index in [1.54, 1.807) is 12.1 Å². The monoisotopic (exact) mass is 461 g/mol. The Kier molecular flexibility index (Phi) is 8.12. The Morgan fingerprint density at radius 3 is 2.12 bits per heavy atom. The number of rotatable bonds is 8. The van der Waals surface area contributed by atoms with E-state index in [1.807, 2.05) is 42.5 Å². The van der Waals surface area contributed by atoms with Gasteiger partial charge >= 0.3 is 17.9 Å². The summed E-state index contributed by atoms with van der Waals surface area (Å²) in [7, 11) is 2.40. The zero-order chi connectivity index (χ0) is 24.5. The van der Waals surface area contributed by atoms with Crippen molar-refractivity contribution >= 4 is 29.5 Å². The highest BCUT2D eigenvalue weighted by molar-refractivity contribution is 6.04. The molecule has 0 radical (unpaired) electrons. The Bertz CT molecular complexity index is 1200. The highest BCUT2D eigenvalue weighted by Gasteiger charge is 2.19. The van der Waals surface area contributed by atoms with Gasteiger partial charge in [-0.1, -0.05) is 48.5 Å². The average molecular weight is 461 g/mol. The van der Waals surface area contributed by atoms with E-state index < -0.39 is 30.4 Å². The summed E-state index contributed by atoms with van der Waals surface area (Å²) < 4.78 is 14.6. The molecule has 8 heteroatoms. The SMILES string of the molecule is COC(=O)c1ccc(C(=O)OC)c(NC(=O)COC(=O)c2ccccc2Cc2ccccc2)c1. The Morgan fingerprint density at radius 1 is 0.735 bits per heavy atom. The number of esters is 3. The number of nitrogens with one attached hydrogen (secondary N) is 1. The van der Waals surface area contributed by atoms with Gasteiger partial charge in [0, 0.05) is 0 Å². The third-order valence-electron chi connectivity index (χ3n) is 4.93. The number of hydrogen-bond donors (Lipinski definition) is 1. The van der Waals surface area contributed by atoms with Crippen LogP contribution in [0.25, 0.3) is 0 Å². The van der Waals surface area contributed by atoms with Crippen LogP contribution in [-0.2, 0) is 25.4 Å². The zero-order valence-corrected chi connectivity index (χ0v) is 18.7. The summed E-state index contributed by atoms with van der Waals surface area (Å²) in [5.74, 6) is -2.70. The van der Waals surface area contributed by atoms with Gasteiger partial charge in [-0.3, -0.25) is 4.79 Å². The van der Waals surface area contributed by atoms with Crippen molar-refractivity contribution in [3.05, 3.63) is 101 Å². The van der Waals surface area contributed by atoms with Crippen LogP contribution in [0.5, 0.6) is 0 Å². The maximum Gasteiger partial charge on any atom is 0.339 e. The molecule has 0 aliphatic carbocycles. The molecule has 0 saturated carbocycles. The molecule has 0 fully saturated rings. The smallest absolute Gasteiger partial charge is 0.339 e. The number of amides is 1. The second kappa shape index (κ2) is 11.4. The molecule has 0 saturated heterocycles. The second-order valence-corrected chi connectivity index (χ2v) is 7.19. The minimum Gasteiger partial charge on any atom is -0.465 e. The summed E-state index contributed by atoms with van der Waals surface area (Å²) in [6, 6.07) is 20.6. The number of anilines is 1. The average Bonchev–Trinajstić information content (AvgIpc) is 2.87. The van der Waals surface area contributed by atoms with Gasteiger partial charge in [-0.15, -0.1) is 0 Å². The molecule has 0 unspecified atom stereocenters. The molecule has 1 amide bonds. The standard InChI is InChI=1S/C26H23NO7/c1-32-24(29)19-12-13-21(25(30)33-2)22(15-19)27-23(28)16-34-26(31)20-11-7-6-10-18(20)14-17-8-4-3-5-9-17/h3-13,15H,14,16H2,1-2H3,(H,27,28). The van der Waals surface area contributed by atoms with Gasteiger partial charge < -0.3 is 19.5 Å². The van der Waals surface area contributed by atoms with Crippen LogP contribution >= 0.6 is 0 Å². The summed E-state index contributed by atoms with van der Waals surface area (Å²) in [6.45, 7) is -0.596. The number of methoxy groups -OCH3 is 2. The first-order valence-corrected chi connectivity index (χ1v) is 10.3. The lowest BCUT2D eigenvalue weighted by Gasteiger charge is -2.12.